The number of hydrazone groups is 2. The van der Waals surface area contributed by atoms with E-state index in [4.69, 9.17) is 39.5 Å². The first kappa shape index (κ1) is 43.5. The third-order valence-corrected chi connectivity index (χ3v) is 10.4. The Hall–Kier alpha value is -7.59. The van der Waals surface area contributed by atoms with Crippen molar-refractivity contribution in [2.45, 2.75) is 13.8 Å². The summed E-state index contributed by atoms with van der Waals surface area (Å²) in [6, 6.07) is 30.3. The number of fused-ring (bicyclic) bond motifs is 2. The molecule has 0 saturated heterocycles. The van der Waals surface area contributed by atoms with E-state index < -0.39 is 34.8 Å². The third-order valence-electron chi connectivity index (χ3n) is 9.49. The first-order valence-electron chi connectivity index (χ1n) is 18.7. The molecule has 7 rings (SSSR count). The molecule has 2 aromatic heterocycles. The molecule has 6 N–H and O–H groups in total. The standard InChI is InChI=1S/C45H33Cl3N8O7/c1-22(57)42(55-53-36-19-33-28(14-30(36)46)26(16-40(59)49-33)24-10-6-4-7-11-24)44(61)51-35-21-39(63-3)38(18-32(35)48)52-45(62)43(23(2)58)56-54-37-20-34-29(15-31(37)47)27(17-41(60)50-34)25-12-8-5-9-13-25/h4-21,53-54H,1-3H3,(H,49,59)(H,50,60)(H,51,61)(H,52,62)/b55-42-,56-43-. The number of pyridine rings is 2. The summed E-state index contributed by atoms with van der Waals surface area (Å²) in [4.78, 5) is 82.9. The van der Waals surface area contributed by atoms with Crippen LogP contribution >= 0.6 is 34.8 Å². The number of halogens is 3. The first-order chi connectivity index (χ1) is 30.2. The Morgan fingerprint density at radius 1 is 0.540 bits per heavy atom. The summed E-state index contributed by atoms with van der Waals surface area (Å²) in [6.07, 6.45) is 0. The minimum atomic E-state index is -0.961. The van der Waals surface area contributed by atoms with Crippen LogP contribution in [0.5, 0.6) is 5.75 Å². The number of hydrogen-bond acceptors (Lipinski definition) is 11. The van der Waals surface area contributed by atoms with Crippen molar-refractivity contribution in [2.75, 3.05) is 28.6 Å². The molecule has 0 radical (unpaired) electrons. The van der Waals surface area contributed by atoms with E-state index in [1.165, 1.54) is 43.5 Å². The molecule has 15 nitrogen and oxygen atoms in total. The van der Waals surface area contributed by atoms with Gasteiger partial charge in [-0.3, -0.25) is 39.6 Å². The van der Waals surface area contributed by atoms with Crippen LogP contribution in [0.3, 0.4) is 0 Å². The van der Waals surface area contributed by atoms with Crippen LogP contribution in [0.2, 0.25) is 15.1 Å². The molecular weight excluding hydrogens is 871 g/mol. The average Bonchev–Trinajstić information content (AvgIpc) is 3.25. The van der Waals surface area contributed by atoms with E-state index in [2.05, 4.69) is 41.7 Å². The van der Waals surface area contributed by atoms with Crippen molar-refractivity contribution in [3.05, 3.63) is 145 Å². The highest BCUT2D eigenvalue weighted by Crippen LogP contribution is 2.36. The zero-order chi connectivity index (χ0) is 44.9. The Morgan fingerprint density at radius 3 is 1.37 bits per heavy atom. The van der Waals surface area contributed by atoms with Crippen LogP contribution in [0.4, 0.5) is 22.7 Å². The molecule has 0 fully saturated rings. The smallest absolute Gasteiger partial charge is 0.279 e. The number of aromatic nitrogens is 2. The number of nitrogens with zero attached hydrogens (tertiary/aromatic N) is 2. The third kappa shape index (κ3) is 9.66. The number of carbonyl (C=O) groups excluding carboxylic acids is 4. The second-order valence-electron chi connectivity index (χ2n) is 13.8. The number of methoxy groups -OCH3 is 1. The molecule has 316 valence electrons. The number of H-pyrrole nitrogens is 2. The fraction of sp³-hybridized carbons (Fsp3) is 0.0667. The predicted molar refractivity (Wildman–Crippen MR) is 249 cm³/mol. The summed E-state index contributed by atoms with van der Waals surface area (Å²) >= 11 is 19.7. The molecule has 0 aliphatic carbocycles. The molecule has 2 heterocycles. The predicted octanol–water partition coefficient (Wildman–Crippen LogP) is 8.66. The summed E-state index contributed by atoms with van der Waals surface area (Å²) in [5, 5.41) is 14.7. The molecule has 0 unspecified atom stereocenters. The normalized spacial score (nSPS) is 11.6. The lowest BCUT2D eigenvalue weighted by Gasteiger charge is -2.15. The number of benzene rings is 5. The SMILES string of the molecule is COc1cc(NC(=O)/C(=N\Nc2cc3[nH]c(=O)cc(-c4ccccc4)c3cc2Cl)C(C)=O)c(Cl)cc1NC(=O)/C(=N\Nc1cc2[nH]c(=O)cc(-c3ccccc3)c2cc1Cl)C(C)=O. The molecule has 0 spiro atoms. The van der Waals surface area contributed by atoms with E-state index in [9.17, 15) is 28.8 Å². The largest absolute Gasteiger partial charge is 0.494 e. The zero-order valence-corrected chi connectivity index (χ0v) is 35.5. The highest BCUT2D eigenvalue weighted by atomic mass is 35.5. The number of nitrogens with one attached hydrogen (secondary N) is 6. The van der Waals surface area contributed by atoms with Gasteiger partial charge < -0.3 is 25.3 Å². The van der Waals surface area contributed by atoms with Gasteiger partial charge in [0.15, 0.2) is 23.0 Å². The number of aromatic amines is 2. The molecule has 0 atom stereocenters. The second kappa shape index (κ2) is 18.6. The molecule has 18 heteroatoms. The molecule has 63 heavy (non-hydrogen) atoms. The van der Waals surface area contributed by atoms with E-state index in [0.717, 1.165) is 25.0 Å². The van der Waals surface area contributed by atoms with Crippen LogP contribution in [-0.2, 0) is 19.2 Å². The molecule has 0 bridgehead atoms. The van der Waals surface area contributed by atoms with Gasteiger partial charge in [0.1, 0.15) is 5.75 Å². The average molecular weight is 904 g/mol. The Kier molecular flexibility index (Phi) is 12.8. The fourth-order valence-corrected chi connectivity index (χ4v) is 7.15. The Bertz CT molecular complexity index is 3190. The van der Waals surface area contributed by atoms with E-state index in [1.54, 1.807) is 12.1 Å². The van der Waals surface area contributed by atoms with Crippen molar-refractivity contribution >= 4 is 114 Å². The van der Waals surface area contributed by atoms with Crippen LogP contribution < -0.4 is 37.3 Å². The second-order valence-corrected chi connectivity index (χ2v) is 15.0. The van der Waals surface area contributed by atoms with Gasteiger partial charge in [-0.2, -0.15) is 10.2 Å². The quantitative estimate of drug-likeness (QED) is 0.0370. The summed E-state index contributed by atoms with van der Waals surface area (Å²) in [7, 11) is 1.29. The number of anilines is 4. The van der Waals surface area contributed by atoms with Crippen LogP contribution in [0.1, 0.15) is 13.8 Å². The molecule has 2 amide bonds. The van der Waals surface area contributed by atoms with E-state index in [0.29, 0.717) is 32.9 Å². The van der Waals surface area contributed by atoms with Crippen molar-refractivity contribution in [3.8, 4) is 28.0 Å². The number of amides is 2. The van der Waals surface area contributed by atoms with Crippen molar-refractivity contribution < 1.29 is 23.9 Å². The van der Waals surface area contributed by atoms with Gasteiger partial charge in [0, 0.05) is 42.8 Å². The van der Waals surface area contributed by atoms with Gasteiger partial charge >= 0.3 is 0 Å². The minimum absolute atomic E-state index is 0.000841. The van der Waals surface area contributed by atoms with E-state index in [1.807, 2.05) is 60.7 Å². The zero-order valence-electron chi connectivity index (χ0n) is 33.3. The van der Waals surface area contributed by atoms with Gasteiger partial charge in [0.2, 0.25) is 11.1 Å². The Balaban J connectivity index is 1.09. The van der Waals surface area contributed by atoms with Crippen molar-refractivity contribution in [1.29, 1.82) is 0 Å². The topological polar surface area (TPSA) is 216 Å². The number of Topliss-reactive ketones (excluding diaryl/α,β-unsaturated/α-hetero) is 2. The lowest BCUT2D eigenvalue weighted by atomic mass is 10.0. The maximum Gasteiger partial charge on any atom is 0.279 e. The van der Waals surface area contributed by atoms with Gasteiger partial charge in [0.05, 0.1) is 56.0 Å². The number of ketones is 2. The van der Waals surface area contributed by atoms with E-state index >= 15 is 0 Å². The van der Waals surface area contributed by atoms with Crippen LogP contribution in [0.25, 0.3) is 44.1 Å². The Morgan fingerprint density at radius 2 is 0.952 bits per heavy atom. The lowest BCUT2D eigenvalue weighted by molar-refractivity contribution is -0.116. The molecule has 5 aromatic carbocycles. The van der Waals surface area contributed by atoms with Crippen molar-refractivity contribution in [2.24, 2.45) is 10.2 Å². The molecule has 7 aromatic rings. The monoisotopic (exact) mass is 902 g/mol. The Labute approximate surface area is 372 Å². The molecular formula is C45H33Cl3N8O7. The maximum absolute atomic E-state index is 13.5. The van der Waals surface area contributed by atoms with Crippen molar-refractivity contribution in [3.63, 3.8) is 0 Å². The maximum atomic E-state index is 13.5. The van der Waals surface area contributed by atoms with Gasteiger partial charge in [-0.25, -0.2) is 0 Å². The van der Waals surface area contributed by atoms with Gasteiger partial charge in [-0.1, -0.05) is 95.5 Å². The van der Waals surface area contributed by atoms with Crippen LogP contribution in [0, 0.1) is 0 Å². The first-order valence-corrected chi connectivity index (χ1v) is 19.9. The van der Waals surface area contributed by atoms with Gasteiger partial charge in [-0.15, -0.1) is 0 Å². The molecule has 0 aliphatic rings. The van der Waals surface area contributed by atoms with E-state index in [-0.39, 0.29) is 54.7 Å². The highest BCUT2D eigenvalue weighted by Gasteiger charge is 2.23. The van der Waals surface area contributed by atoms with Crippen molar-refractivity contribution in [1.82, 2.24) is 9.97 Å². The minimum Gasteiger partial charge on any atom is -0.494 e. The highest BCUT2D eigenvalue weighted by molar-refractivity contribution is 6.68. The summed E-state index contributed by atoms with van der Waals surface area (Å²) in [5.74, 6) is -3.35. The summed E-state index contributed by atoms with van der Waals surface area (Å²) < 4.78 is 5.45. The lowest BCUT2D eigenvalue weighted by Crippen LogP contribution is -2.30. The number of ether oxygens (including phenoxy) is 1. The van der Waals surface area contributed by atoms with Gasteiger partial charge in [0.25, 0.3) is 11.8 Å². The molecule has 0 aliphatic heterocycles. The summed E-state index contributed by atoms with van der Waals surface area (Å²) in [5.41, 5.74) is 7.56. The number of rotatable bonds is 13. The van der Waals surface area contributed by atoms with Crippen LogP contribution in [0.15, 0.2) is 129 Å². The number of carbonyl (C=O) groups is 4. The summed E-state index contributed by atoms with van der Waals surface area (Å²) in [6.45, 7) is 2.26. The van der Waals surface area contributed by atoms with Gasteiger partial charge in [-0.05, 0) is 52.6 Å². The fourth-order valence-electron chi connectivity index (χ4n) is 6.53. The molecule has 0 saturated carbocycles. The van der Waals surface area contributed by atoms with Crippen LogP contribution in [-0.4, -0.2) is 51.9 Å². The number of hydrogen-bond donors (Lipinski definition) is 6.